The van der Waals surface area contributed by atoms with E-state index in [0.717, 1.165) is 30.1 Å². The second-order valence-corrected chi connectivity index (χ2v) is 4.00. The number of pyridine rings is 1. The molecule has 2 rings (SSSR count). The van der Waals surface area contributed by atoms with Crippen molar-refractivity contribution in [1.29, 1.82) is 5.26 Å². The Kier molecular flexibility index (Phi) is 3.38. The van der Waals surface area contributed by atoms with Crippen LogP contribution in [0.3, 0.4) is 0 Å². The molecule has 0 aromatic carbocycles. The van der Waals surface area contributed by atoms with E-state index < -0.39 is 0 Å². The Balaban J connectivity index is 2.65. The van der Waals surface area contributed by atoms with Crippen LogP contribution in [0.4, 0.5) is 0 Å². The Morgan fingerprint density at radius 1 is 1.33 bits per heavy atom. The van der Waals surface area contributed by atoms with Crippen molar-refractivity contribution in [2.75, 3.05) is 0 Å². The first-order valence-corrected chi connectivity index (χ1v) is 6.02. The summed E-state index contributed by atoms with van der Waals surface area (Å²) in [5.41, 5.74) is 1.46. The zero-order valence-electron chi connectivity index (χ0n) is 10.8. The molecule has 92 valence electrons. The fraction of sp³-hybridized carbons (Fsp3) is 0.385. The summed E-state index contributed by atoms with van der Waals surface area (Å²) in [5.74, 6) is 2.18. The largest absolute Gasteiger partial charge is 0.236 e. The molecule has 5 heteroatoms. The summed E-state index contributed by atoms with van der Waals surface area (Å²) in [4.78, 5) is 8.71. The quantitative estimate of drug-likeness (QED) is 0.823. The van der Waals surface area contributed by atoms with Crippen LogP contribution in [0.5, 0.6) is 0 Å². The van der Waals surface area contributed by atoms with E-state index in [1.807, 2.05) is 26.8 Å². The summed E-state index contributed by atoms with van der Waals surface area (Å²) in [7, 11) is 0. The molecule has 0 fully saturated rings. The van der Waals surface area contributed by atoms with Crippen molar-refractivity contribution in [2.24, 2.45) is 0 Å². The molecule has 18 heavy (non-hydrogen) atoms. The van der Waals surface area contributed by atoms with Crippen LogP contribution in [-0.4, -0.2) is 19.7 Å². The molecule has 0 aliphatic rings. The Morgan fingerprint density at radius 3 is 2.72 bits per heavy atom. The maximum absolute atomic E-state index is 9.24. The monoisotopic (exact) mass is 241 g/mol. The number of nitrogens with zero attached hydrogens (tertiary/aromatic N) is 5. The van der Waals surface area contributed by atoms with Crippen LogP contribution in [0.25, 0.3) is 5.82 Å². The van der Waals surface area contributed by atoms with Crippen molar-refractivity contribution in [3.63, 3.8) is 0 Å². The molecular weight excluding hydrogens is 226 g/mol. The van der Waals surface area contributed by atoms with E-state index in [0.29, 0.717) is 11.4 Å². The van der Waals surface area contributed by atoms with Crippen molar-refractivity contribution in [3.05, 3.63) is 35.0 Å². The van der Waals surface area contributed by atoms with Gasteiger partial charge in [0.05, 0.1) is 5.56 Å². The molecule has 0 bridgehead atoms. The van der Waals surface area contributed by atoms with Crippen LogP contribution in [0.15, 0.2) is 12.3 Å². The lowest BCUT2D eigenvalue weighted by atomic mass is 10.1. The highest BCUT2D eigenvalue weighted by molar-refractivity contribution is 5.48. The zero-order valence-corrected chi connectivity index (χ0v) is 10.8. The summed E-state index contributed by atoms with van der Waals surface area (Å²) in [6.45, 7) is 5.92. The van der Waals surface area contributed by atoms with Crippen molar-refractivity contribution >= 4 is 0 Å². The van der Waals surface area contributed by atoms with Gasteiger partial charge in [-0.2, -0.15) is 9.94 Å². The first kappa shape index (κ1) is 12.2. The summed E-state index contributed by atoms with van der Waals surface area (Å²) in [6, 6.07) is 4.01. The van der Waals surface area contributed by atoms with Gasteiger partial charge < -0.3 is 0 Å². The third-order valence-electron chi connectivity index (χ3n) is 2.80. The van der Waals surface area contributed by atoms with Gasteiger partial charge in [-0.3, -0.25) is 0 Å². The average Bonchev–Trinajstić information content (AvgIpc) is 2.81. The Bertz CT molecular complexity index is 606. The van der Waals surface area contributed by atoms with Gasteiger partial charge in [0.15, 0.2) is 11.6 Å². The van der Waals surface area contributed by atoms with E-state index in [-0.39, 0.29) is 0 Å². The predicted molar refractivity (Wildman–Crippen MR) is 67.4 cm³/mol. The molecule has 0 unspecified atom stereocenters. The fourth-order valence-corrected chi connectivity index (χ4v) is 1.78. The highest BCUT2D eigenvalue weighted by Crippen LogP contribution is 2.16. The highest BCUT2D eigenvalue weighted by atomic mass is 15.4. The van der Waals surface area contributed by atoms with Crippen molar-refractivity contribution in [1.82, 2.24) is 19.7 Å². The van der Waals surface area contributed by atoms with E-state index in [2.05, 4.69) is 21.1 Å². The standard InChI is InChI=1S/C13H15N5/c1-4-11-16-12(5-2)18(17-11)13-10(8-14)9(3)6-7-15-13/h6-7H,4-5H2,1-3H3. The average molecular weight is 241 g/mol. The first-order chi connectivity index (χ1) is 8.71. The minimum atomic E-state index is 0.555. The molecule has 0 aliphatic carbocycles. The van der Waals surface area contributed by atoms with Gasteiger partial charge in [-0.1, -0.05) is 13.8 Å². The van der Waals surface area contributed by atoms with E-state index >= 15 is 0 Å². The van der Waals surface area contributed by atoms with Gasteiger partial charge in [0, 0.05) is 19.0 Å². The first-order valence-electron chi connectivity index (χ1n) is 6.02. The molecule has 0 saturated heterocycles. The van der Waals surface area contributed by atoms with Crippen LogP contribution in [0.1, 0.15) is 36.6 Å². The number of hydrogen-bond donors (Lipinski definition) is 0. The topological polar surface area (TPSA) is 67.4 Å². The summed E-state index contributed by atoms with van der Waals surface area (Å²) >= 11 is 0. The normalized spacial score (nSPS) is 10.3. The second-order valence-electron chi connectivity index (χ2n) is 4.00. The van der Waals surface area contributed by atoms with Gasteiger partial charge in [-0.05, 0) is 18.6 Å². The van der Waals surface area contributed by atoms with Crippen molar-refractivity contribution in [3.8, 4) is 11.9 Å². The molecule has 0 saturated carbocycles. The summed E-state index contributed by atoms with van der Waals surface area (Å²) in [6.07, 6.45) is 3.22. The lowest BCUT2D eigenvalue weighted by Crippen LogP contribution is -2.07. The molecule has 0 N–H and O–H groups in total. The predicted octanol–water partition coefficient (Wildman–Crippen LogP) is 1.97. The second kappa shape index (κ2) is 4.96. The van der Waals surface area contributed by atoms with Crippen molar-refractivity contribution in [2.45, 2.75) is 33.6 Å². The smallest absolute Gasteiger partial charge is 0.173 e. The Hall–Kier alpha value is -2.22. The molecule has 5 nitrogen and oxygen atoms in total. The molecule has 0 aliphatic heterocycles. The SMILES string of the molecule is CCc1nc(CC)n(-c2nccc(C)c2C#N)n1. The summed E-state index contributed by atoms with van der Waals surface area (Å²) in [5, 5.41) is 13.6. The third kappa shape index (κ3) is 1.97. The van der Waals surface area contributed by atoms with Crippen molar-refractivity contribution < 1.29 is 0 Å². The van der Waals surface area contributed by atoms with Gasteiger partial charge in [0.1, 0.15) is 11.9 Å². The van der Waals surface area contributed by atoms with Gasteiger partial charge in [0.2, 0.25) is 0 Å². The van der Waals surface area contributed by atoms with Crippen LogP contribution < -0.4 is 0 Å². The Morgan fingerprint density at radius 2 is 2.11 bits per heavy atom. The minimum absolute atomic E-state index is 0.555. The molecular formula is C13H15N5. The van der Waals surface area contributed by atoms with E-state index in [4.69, 9.17) is 0 Å². The van der Waals surface area contributed by atoms with Gasteiger partial charge >= 0.3 is 0 Å². The lowest BCUT2D eigenvalue weighted by molar-refractivity contribution is 0.765. The van der Waals surface area contributed by atoms with Crippen LogP contribution in [0.2, 0.25) is 0 Å². The number of hydrogen-bond acceptors (Lipinski definition) is 4. The fourth-order valence-electron chi connectivity index (χ4n) is 1.78. The molecule has 0 radical (unpaired) electrons. The molecule has 2 aromatic heterocycles. The maximum atomic E-state index is 9.24. The Labute approximate surface area is 106 Å². The molecule has 0 spiro atoms. The summed E-state index contributed by atoms with van der Waals surface area (Å²) < 4.78 is 1.68. The zero-order chi connectivity index (χ0) is 13.1. The third-order valence-corrected chi connectivity index (χ3v) is 2.80. The van der Waals surface area contributed by atoms with Gasteiger partial charge in [-0.25, -0.2) is 9.97 Å². The minimum Gasteiger partial charge on any atom is -0.236 e. The molecule has 2 heterocycles. The molecule has 0 amide bonds. The van der Waals surface area contributed by atoms with E-state index in [9.17, 15) is 5.26 Å². The van der Waals surface area contributed by atoms with Gasteiger partial charge in [0.25, 0.3) is 0 Å². The van der Waals surface area contributed by atoms with Crippen LogP contribution in [0, 0.1) is 18.3 Å². The maximum Gasteiger partial charge on any atom is 0.173 e. The number of nitriles is 1. The van der Waals surface area contributed by atoms with Gasteiger partial charge in [-0.15, -0.1) is 5.10 Å². The molecule has 2 aromatic rings. The number of aromatic nitrogens is 4. The highest BCUT2D eigenvalue weighted by Gasteiger charge is 2.15. The number of rotatable bonds is 3. The van der Waals surface area contributed by atoms with E-state index in [1.54, 1.807) is 10.9 Å². The van der Waals surface area contributed by atoms with Crippen LogP contribution in [-0.2, 0) is 12.8 Å². The van der Waals surface area contributed by atoms with Crippen LogP contribution >= 0.6 is 0 Å². The number of aryl methyl sites for hydroxylation is 3. The molecule has 0 atom stereocenters. The van der Waals surface area contributed by atoms with E-state index in [1.165, 1.54) is 0 Å². The lowest BCUT2D eigenvalue weighted by Gasteiger charge is -2.06.